The number of rotatable bonds is 7. The van der Waals surface area contributed by atoms with Crippen molar-refractivity contribution in [3.63, 3.8) is 0 Å². The van der Waals surface area contributed by atoms with E-state index in [1.165, 1.54) is 7.11 Å². The minimum Gasteiger partial charge on any atom is -0.497 e. The molecule has 1 aromatic heterocycles. The van der Waals surface area contributed by atoms with Gasteiger partial charge in [0.2, 0.25) is 0 Å². The molecule has 0 saturated carbocycles. The van der Waals surface area contributed by atoms with Crippen molar-refractivity contribution < 1.29 is 14.3 Å². The monoisotopic (exact) mass is 315 g/mol. The van der Waals surface area contributed by atoms with Gasteiger partial charge in [0.25, 0.3) is 5.91 Å². The van der Waals surface area contributed by atoms with Crippen LogP contribution in [0.25, 0.3) is 0 Å². The maximum Gasteiger partial charge on any atom is 0.255 e. The maximum atomic E-state index is 12.2. The average Bonchev–Trinajstić information content (AvgIpc) is 2.59. The standard InChI is InChI=1S/C17H21N3O3/c1-12-11-18-7-6-15(12)19-8-9-20-17(21)14-5-4-13(22-2)10-16(14)23-3/h4-7,10-11H,8-9H2,1-3H3,(H,18,19)(H,20,21). The minimum atomic E-state index is -0.183. The SMILES string of the molecule is COc1ccc(C(=O)NCCNc2ccncc2C)c(OC)c1. The zero-order chi connectivity index (χ0) is 16.7. The fourth-order valence-electron chi connectivity index (χ4n) is 2.13. The molecule has 1 amide bonds. The Bertz CT molecular complexity index is 674. The lowest BCUT2D eigenvalue weighted by Gasteiger charge is -2.12. The molecule has 2 rings (SSSR count). The zero-order valence-corrected chi connectivity index (χ0v) is 13.6. The van der Waals surface area contributed by atoms with Crippen LogP contribution in [0.5, 0.6) is 11.5 Å². The third-order valence-corrected chi connectivity index (χ3v) is 3.40. The highest BCUT2D eigenvalue weighted by atomic mass is 16.5. The number of carbonyl (C=O) groups is 1. The van der Waals surface area contributed by atoms with Gasteiger partial charge in [-0.2, -0.15) is 0 Å². The first kappa shape index (κ1) is 16.6. The van der Waals surface area contributed by atoms with Gasteiger partial charge in [-0.25, -0.2) is 0 Å². The second-order valence-corrected chi connectivity index (χ2v) is 4.94. The van der Waals surface area contributed by atoms with Gasteiger partial charge in [0.05, 0.1) is 19.8 Å². The lowest BCUT2D eigenvalue weighted by Crippen LogP contribution is -2.29. The van der Waals surface area contributed by atoms with E-state index < -0.39 is 0 Å². The number of hydrogen-bond acceptors (Lipinski definition) is 5. The summed E-state index contributed by atoms with van der Waals surface area (Å²) in [4.78, 5) is 16.3. The van der Waals surface area contributed by atoms with Crippen molar-refractivity contribution >= 4 is 11.6 Å². The van der Waals surface area contributed by atoms with Crippen LogP contribution < -0.4 is 20.1 Å². The summed E-state index contributed by atoms with van der Waals surface area (Å²) >= 11 is 0. The van der Waals surface area contributed by atoms with Gasteiger partial charge in [0.15, 0.2) is 0 Å². The molecule has 6 heteroatoms. The number of pyridine rings is 1. The summed E-state index contributed by atoms with van der Waals surface area (Å²) in [6, 6.07) is 7.01. The summed E-state index contributed by atoms with van der Waals surface area (Å²) < 4.78 is 10.4. The van der Waals surface area contributed by atoms with Crippen LogP contribution in [0, 0.1) is 6.92 Å². The molecule has 2 N–H and O–H groups in total. The van der Waals surface area contributed by atoms with Gasteiger partial charge in [0.1, 0.15) is 11.5 Å². The molecule has 0 bridgehead atoms. The molecule has 0 fully saturated rings. The van der Waals surface area contributed by atoms with E-state index in [1.807, 2.05) is 13.0 Å². The number of nitrogens with one attached hydrogen (secondary N) is 2. The molecule has 122 valence electrons. The van der Waals surface area contributed by atoms with Crippen LogP contribution in [-0.4, -0.2) is 38.2 Å². The zero-order valence-electron chi connectivity index (χ0n) is 13.6. The van der Waals surface area contributed by atoms with Crippen molar-refractivity contribution in [1.29, 1.82) is 0 Å². The molecule has 0 saturated heterocycles. The van der Waals surface area contributed by atoms with E-state index in [2.05, 4.69) is 15.6 Å². The Morgan fingerprint density at radius 1 is 1.17 bits per heavy atom. The third-order valence-electron chi connectivity index (χ3n) is 3.40. The average molecular weight is 315 g/mol. The Morgan fingerprint density at radius 3 is 2.70 bits per heavy atom. The number of aryl methyl sites for hydroxylation is 1. The number of amides is 1. The maximum absolute atomic E-state index is 12.2. The highest BCUT2D eigenvalue weighted by Gasteiger charge is 2.12. The number of hydrogen-bond donors (Lipinski definition) is 2. The molecular formula is C17H21N3O3. The number of nitrogens with zero attached hydrogens (tertiary/aromatic N) is 1. The lowest BCUT2D eigenvalue weighted by atomic mass is 10.1. The lowest BCUT2D eigenvalue weighted by molar-refractivity contribution is 0.0952. The first-order chi connectivity index (χ1) is 11.2. The summed E-state index contributed by atoms with van der Waals surface area (Å²) in [6.45, 7) is 3.10. The predicted octanol–water partition coefficient (Wildman–Crippen LogP) is 2.25. The minimum absolute atomic E-state index is 0.183. The van der Waals surface area contributed by atoms with Gasteiger partial charge < -0.3 is 20.1 Å². The molecule has 2 aromatic rings. The van der Waals surface area contributed by atoms with Crippen LogP contribution in [-0.2, 0) is 0 Å². The van der Waals surface area contributed by atoms with Crippen molar-refractivity contribution in [2.24, 2.45) is 0 Å². The first-order valence-corrected chi connectivity index (χ1v) is 7.30. The molecule has 0 atom stereocenters. The molecule has 1 aromatic carbocycles. The Morgan fingerprint density at radius 2 is 2.00 bits per heavy atom. The van der Waals surface area contributed by atoms with Crippen molar-refractivity contribution in [3.8, 4) is 11.5 Å². The molecule has 6 nitrogen and oxygen atoms in total. The third kappa shape index (κ3) is 4.35. The van der Waals surface area contributed by atoms with E-state index in [4.69, 9.17) is 9.47 Å². The number of carbonyl (C=O) groups excluding carboxylic acids is 1. The van der Waals surface area contributed by atoms with E-state index in [9.17, 15) is 4.79 Å². The summed E-state index contributed by atoms with van der Waals surface area (Å²) in [5.74, 6) is 0.950. The summed E-state index contributed by atoms with van der Waals surface area (Å²) in [6.07, 6.45) is 3.53. The van der Waals surface area contributed by atoms with E-state index in [-0.39, 0.29) is 5.91 Å². The van der Waals surface area contributed by atoms with Gasteiger partial charge in [-0.1, -0.05) is 0 Å². The van der Waals surface area contributed by atoms with E-state index in [0.717, 1.165) is 11.3 Å². The number of aromatic nitrogens is 1. The summed E-state index contributed by atoms with van der Waals surface area (Å²) in [5.41, 5.74) is 2.56. The van der Waals surface area contributed by atoms with Crippen molar-refractivity contribution in [1.82, 2.24) is 10.3 Å². The van der Waals surface area contributed by atoms with E-state index >= 15 is 0 Å². The molecule has 0 spiro atoms. The van der Waals surface area contributed by atoms with Crippen LogP contribution in [0.1, 0.15) is 15.9 Å². The number of ether oxygens (including phenoxy) is 2. The Kier molecular flexibility index (Phi) is 5.80. The molecular weight excluding hydrogens is 294 g/mol. The molecule has 0 aliphatic heterocycles. The normalized spacial score (nSPS) is 10.0. The van der Waals surface area contributed by atoms with Crippen molar-refractivity contribution in [2.45, 2.75) is 6.92 Å². The van der Waals surface area contributed by atoms with Gasteiger partial charge in [-0.15, -0.1) is 0 Å². The number of benzene rings is 1. The number of anilines is 1. The Labute approximate surface area is 135 Å². The Balaban J connectivity index is 1.89. The van der Waals surface area contributed by atoms with Gasteiger partial charge >= 0.3 is 0 Å². The van der Waals surface area contributed by atoms with Crippen LogP contribution in [0.3, 0.4) is 0 Å². The summed E-state index contributed by atoms with van der Waals surface area (Å²) in [7, 11) is 3.10. The van der Waals surface area contributed by atoms with Gasteiger partial charge in [0, 0.05) is 37.2 Å². The Hall–Kier alpha value is -2.76. The molecule has 1 heterocycles. The highest BCUT2D eigenvalue weighted by molar-refractivity contribution is 5.97. The van der Waals surface area contributed by atoms with E-state index in [1.54, 1.807) is 37.7 Å². The largest absolute Gasteiger partial charge is 0.497 e. The first-order valence-electron chi connectivity index (χ1n) is 7.30. The van der Waals surface area contributed by atoms with Crippen molar-refractivity contribution in [2.75, 3.05) is 32.6 Å². The fourth-order valence-corrected chi connectivity index (χ4v) is 2.13. The smallest absolute Gasteiger partial charge is 0.255 e. The fraction of sp³-hybridized carbons (Fsp3) is 0.294. The molecule has 0 aliphatic carbocycles. The molecule has 0 radical (unpaired) electrons. The van der Waals surface area contributed by atoms with Crippen LogP contribution in [0.2, 0.25) is 0 Å². The summed E-state index contributed by atoms with van der Waals surface area (Å²) in [5, 5.41) is 6.12. The quantitative estimate of drug-likeness (QED) is 0.767. The molecule has 0 aliphatic rings. The predicted molar refractivity (Wildman–Crippen MR) is 89.3 cm³/mol. The van der Waals surface area contributed by atoms with Gasteiger partial charge in [-0.3, -0.25) is 9.78 Å². The second-order valence-electron chi connectivity index (χ2n) is 4.94. The number of methoxy groups -OCH3 is 2. The van der Waals surface area contributed by atoms with Crippen LogP contribution in [0.4, 0.5) is 5.69 Å². The highest BCUT2D eigenvalue weighted by Crippen LogP contribution is 2.24. The van der Waals surface area contributed by atoms with Crippen LogP contribution in [0.15, 0.2) is 36.7 Å². The molecule has 0 unspecified atom stereocenters. The molecule has 23 heavy (non-hydrogen) atoms. The van der Waals surface area contributed by atoms with Crippen molar-refractivity contribution in [3.05, 3.63) is 47.8 Å². The second kappa shape index (κ2) is 8.03. The van der Waals surface area contributed by atoms with Crippen LogP contribution >= 0.6 is 0 Å². The van der Waals surface area contributed by atoms with Gasteiger partial charge in [-0.05, 0) is 30.7 Å². The topological polar surface area (TPSA) is 72.5 Å². The van der Waals surface area contributed by atoms with E-state index in [0.29, 0.717) is 30.2 Å².